The van der Waals surface area contributed by atoms with Crippen molar-refractivity contribution in [3.63, 3.8) is 0 Å². The van der Waals surface area contributed by atoms with Crippen LogP contribution in [0.3, 0.4) is 0 Å². The van der Waals surface area contributed by atoms with Gasteiger partial charge in [0.25, 0.3) is 0 Å². The number of pyridine rings is 1. The first-order chi connectivity index (χ1) is 9.38. The Morgan fingerprint density at radius 3 is 2.84 bits per heavy atom. The van der Waals surface area contributed by atoms with E-state index in [1.54, 1.807) is 0 Å². The molecular formula is C16H25N3. The highest BCUT2D eigenvalue weighted by atomic mass is 15.2. The number of aromatic nitrogens is 1. The maximum absolute atomic E-state index is 5.80. The van der Waals surface area contributed by atoms with E-state index in [1.807, 2.05) is 12.3 Å². The third-order valence-corrected chi connectivity index (χ3v) is 4.91. The molecule has 19 heavy (non-hydrogen) atoms. The van der Waals surface area contributed by atoms with Crippen molar-refractivity contribution in [2.75, 3.05) is 6.54 Å². The number of likely N-dealkylation sites (tertiary alicyclic amines) is 1. The highest BCUT2D eigenvalue weighted by Gasteiger charge is 2.33. The van der Waals surface area contributed by atoms with Gasteiger partial charge >= 0.3 is 0 Å². The Balaban J connectivity index is 1.70. The van der Waals surface area contributed by atoms with Gasteiger partial charge in [-0.15, -0.1) is 0 Å². The van der Waals surface area contributed by atoms with E-state index in [1.165, 1.54) is 50.6 Å². The quantitative estimate of drug-likeness (QED) is 0.904. The van der Waals surface area contributed by atoms with Crippen LogP contribution in [-0.4, -0.2) is 22.5 Å². The Morgan fingerprint density at radius 2 is 2.05 bits per heavy atom. The molecule has 1 aliphatic heterocycles. The van der Waals surface area contributed by atoms with Gasteiger partial charge in [0, 0.05) is 25.3 Å². The summed E-state index contributed by atoms with van der Waals surface area (Å²) in [5.41, 5.74) is 8.20. The molecule has 0 amide bonds. The summed E-state index contributed by atoms with van der Waals surface area (Å²) in [5.74, 6) is 0.945. The van der Waals surface area contributed by atoms with Crippen molar-refractivity contribution in [3.05, 3.63) is 29.6 Å². The predicted octanol–water partition coefficient (Wildman–Crippen LogP) is 2.69. The third kappa shape index (κ3) is 2.82. The Kier molecular flexibility index (Phi) is 4.14. The molecule has 104 valence electrons. The van der Waals surface area contributed by atoms with E-state index in [0.717, 1.165) is 24.2 Å². The number of rotatable bonds is 4. The van der Waals surface area contributed by atoms with Gasteiger partial charge in [-0.1, -0.05) is 18.9 Å². The van der Waals surface area contributed by atoms with Gasteiger partial charge in [-0.3, -0.25) is 9.88 Å². The van der Waals surface area contributed by atoms with Gasteiger partial charge in [-0.2, -0.15) is 0 Å². The van der Waals surface area contributed by atoms with Crippen molar-refractivity contribution < 1.29 is 0 Å². The lowest BCUT2D eigenvalue weighted by molar-refractivity contribution is 0.182. The average Bonchev–Trinajstić information content (AvgIpc) is 3.09. The fraction of sp³-hybridized carbons (Fsp3) is 0.688. The lowest BCUT2D eigenvalue weighted by Crippen LogP contribution is -2.34. The van der Waals surface area contributed by atoms with Crippen LogP contribution in [0.1, 0.15) is 49.8 Å². The first kappa shape index (κ1) is 13.1. The molecule has 2 fully saturated rings. The zero-order valence-electron chi connectivity index (χ0n) is 11.7. The van der Waals surface area contributed by atoms with Crippen molar-refractivity contribution >= 4 is 0 Å². The van der Waals surface area contributed by atoms with Gasteiger partial charge in [0.15, 0.2) is 0 Å². The minimum atomic E-state index is 0.554. The highest BCUT2D eigenvalue weighted by molar-refractivity contribution is 5.19. The van der Waals surface area contributed by atoms with Crippen LogP contribution < -0.4 is 5.73 Å². The molecule has 0 aromatic carbocycles. The monoisotopic (exact) mass is 259 g/mol. The maximum Gasteiger partial charge on any atom is 0.0584 e. The zero-order valence-corrected chi connectivity index (χ0v) is 11.7. The van der Waals surface area contributed by atoms with E-state index in [2.05, 4.69) is 16.0 Å². The fourth-order valence-corrected chi connectivity index (χ4v) is 3.94. The summed E-state index contributed by atoms with van der Waals surface area (Å²) in [4.78, 5) is 7.10. The van der Waals surface area contributed by atoms with Crippen molar-refractivity contribution in [2.24, 2.45) is 11.7 Å². The van der Waals surface area contributed by atoms with Crippen molar-refractivity contribution in [3.8, 4) is 0 Å². The van der Waals surface area contributed by atoms with Crippen molar-refractivity contribution in [1.29, 1.82) is 0 Å². The van der Waals surface area contributed by atoms with Gasteiger partial charge in [0.05, 0.1) is 5.69 Å². The predicted molar refractivity (Wildman–Crippen MR) is 77.5 cm³/mol. The molecule has 1 aromatic rings. The summed E-state index contributed by atoms with van der Waals surface area (Å²) < 4.78 is 0. The second-order valence-electron chi connectivity index (χ2n) is 6.04. The molecule has 1 atom stereocenters. The topological polar surface area (TPSA) is 42.1 Å². The average molecular weight is 259 g/mol. The van der Waals surface area contributed by atoms with Crippen LogP contribution in [0.5, 0.6) is 0 Å². The van der Waals surface area contributed by atoms with Crippen LogP contribution in [0.15, 0.2) is 18.3 Å². The Labute approximate surface area is 116 Å². The second-order valence-corrected chi connectivity index (χ2v) is 6.04. The molecule has 0 radical (unpaired) electrons. The van der Waals surface area contributed by atoms with E-state index < -0.39 is 0 Å². The largest absolute Gasteiger partial charge is 0.325 e. The van der Waals surface area contributed by atoms with Crippen LogP contribution >= 0.6 is 0 Å². The smallest absolute Gasteiger partial charge is 0.0584 e. The number of nitrogens with zero attached hydrogens (tertiary/aromatic N) is 2. The first-order valence-electron chi connectivity index (χ1n) is 7.75. The lowest BCUT2D eigenvalue weighted by atomic mass is 9.95. The molecule has 3 heteroatoms. The van der Waals surface area contributed by atoms with E-state index >= 15 is 0 Å². The van der Waals surface area contributed by atoms with Crippen molar-refractivity contribution in [1.82, 2.24) is 9.88 Å². The molecule has 0 spiro atoms. The summed E-state index contributed by atoms with van der Waals surface area (Å²) >= 11 is 0. The molecule has 3 rings (SSSR count). The molecule has 1 aromatic heterocycles. The Morgan fingerprint density at radius 1 is 1.21 bits per heavy atom. The molecule has 2 aliphatic rings. The number of nitrogens with two attached hydrogens (primary N) is 1. The molecule has 1 unspecified atom stereocenters. The van der Waals surface area contributed by atoms with Gasteiger partial charge in [0.1, 0.15) is 0 Å². The second kappa shape index (κ2) is 6.02. The molecular weight excluding hydrogens is 234 g/mol. The molecule has 3 nitrogen and oxygen atoms in total. The number of hydrogen-bond donors (Lipinski definition) is 1. The standard InChI is InChI=1S/C16H25N3/c17-11-15-14(7-3-9-18-15)12-19-10-4-8-16(19)13-5-1-2-6-13/h3,7,9,13,16H,1-2,4-6,8,10-12,17H2. The molecule has 2 N–H and O–H groups in total. The minimum Gasteiger partial charge on any atom is -0.325 e. The third-order valence-electron chi connectivity index (χ3n) is 4.91. The van der Waals surface area contributed by atoms with Crippen LogP contribution in [0.4, 0.5) is 0 Å². The summed E-state index contributed by atoms with van der Waals surface area (Å²) in [6.07, 6.45) is 10.4. The summed E-state index contributed by atoms with van der Waals surface area (Å²) in [6.45, 7) is 2.85. The minimum absolute atomic E-state index is 0.554. The summed E-state index contributed by atoms with van der Waals surface area (Å²) in [5, 5.41) is 0. The Bertz CT molecular complexity index is 412. The number of hydrogen-bond acceptors (Lipinski definition) is 3. The van der Waals surface area contributed by atoms with E-state index in [9.17, 15) is 0 Å². The first-order valence-corrected chi connectivity index (χ1v) is 7.75. The van der Waals surface area contributed by atoms with E-state index in [0.29, 0.717) is 6.54 Å². The van der Waals surface area contributed by atoms with Crippen LogP contribution in [0.2, 0.25) is 0 Å². The fourth-order valence-electron chi connectivity index (χ4n) is 3.94. The van der Waals surface area contributed by atoms with Gasteiger partial charge in [0.2, 0.25) is 0 Å². The zero-order chi connectivity index (χ0) is 13.1. The molecule has 1 saturated heterocycles. The summed E-state index contributed by atoms with van der Waals surface area (Å²) in [6, 6.07) is 5.04. The maximum atomic E-state index is 5.80. The van der Waals surface area contributed by atoms with E-state index in [-0.39, 0.29) is 0 Å². The highest BCUT2D eigenvalue weighted by Crippen LogP contribution is 2.36. The van der Waals surface area contributed by atoms with E-state index in [4.69, 9.17) is 5.73 Å². The lowest BCUT2D eigenvalue weighted by Gasteiger charge is -2.29. The van der Waals surface area contributed by atoms with Gasteiger partial charge in [-0.25, -0.2) is 0 Å². The van der Waals surface area contributed by atoms with Crippen molar-refractivity contribution in [2.45, 2.75) is 57.7 Å². The normalized spacial score (nSPS) is 25.2. The molecule has 2 heterocycles. The molecule has 1 saturated carbocycles. The van der Waals surface area contributed by atoms with Gasteiger partial charge < -0.3 is 5.73 Å². The van der Waals surface area contributed by atoms with Gasteiger partial charge in [-0.05, 0) is 49.8 Å². The molecule has 0 bridgehead atoms. The van der Waals surface area contributed by atoms with Crippen LogP contribution in [0, 0.1) is 5.92 Å². The molecule has 1 aliphatic carbocycles. The Hall–Kier alpha value is -0.930. The van der Waals surface area contributed by atoms with Crippen LogP contribution in [-0.2, 0) is 13.1 Å². The van der Waals surface area contributed by atoms with Crippen LogP contribution in [0.25, 0.3) is 0 Å². The summed E-state index contributed by atoms with van der Waals surface area (Å²) in [7, 11) is 0. The SMILES string of the molecule is NCc1ncccc1CN1CCCC1C1CCCC1.